The van der Waals surface area contributed by atoms with Gasteiger partial charge in [0.1, 0.15) is 0 Å². The van der Waals surface area contributed by atoms with Crippen molar-refractivity contribution in [1.29, 1.82) is 0 Å². The summed E-state index contributed by atoms with van der Waals surface area (Å²) in [5.74, 6) is 0.224. The van der Waals surface area contributed by atoms with Crippen molar-refractivity contribution in [3.8, 4) is 0 Å². The summed E-state index contributed by atoms with van der Waals surface area (Å²) in [7, 11) is 1.90. The number of benzene rings is 1. The average Bonchev–Trinajstić information content (AvgIpc) is 2.33. The van der Waals surface area contributed by atoms with Crippen molar-refractivity contribution in [3.05, 3.63) is 35.9 Å². The van der Waals surface area contributed by atoms with E-state index in [9.17, 15) is 4.79 Å². The summed E-state index contributed by atoms with van der Waals surface area (Å²) in [4.78, 5) is 13.8. The number of carbonyl (C=O) groups is 1. The standard InChI is InChI=1S/C16H25NO/c1-16(2,3)15(18)17(4)13-9-8-12-14-10-6-5-7-11-14/h5-7,10-11H,8-9,12-13H2,1-4H3. The van der Waals surface area contributed by atoms with Gasteiger partial charge in [-0.1, -0.05) is 51.1 Å². The number of carbonyl (C=O) groups excluding carboxylic acids is 1. The van der Waals surface area contributed by atoms with Crippen LogP contribution in [0.25, 0.3) is 0 Å². The van der Waals surface area contributed by atoms with Crippen molar-refractivity contribution in [3.63, 3.8) is 0 Å². The van der Waals surface area contributed by atoms with Crippen LogP contribution in [0.5, 0.6) is 0 Å². The van der Waals surface area contributed by atoms with Crippen LogP contribution in [0.2, 0.25) is 0 Å². The third kappa shape index (κ3) is 4.91. The fourth-order valence-corrected chi connectivity index (χ4v) is 2.00. The molecule has 100 valence electrons. The topological polar surface area (TPSA) is 20.3 Å². The van der Waals surface area contributed by atoms with E-state index < -0.39 is 0 Å². The van der Waals surface area contributed by atoms with E-state index >= 15 is 0 Å². The molecule has 0 aliphatic rings. The zero-order valence-corrected chi connectivity index (χ0v) is 12.1. The quantitative estimate of drug-likeness (QED) is 0.729. The van der Waals surface area contributed by atoms with Gasteiger partial charge in [0.25, 0.3) is 0 Å². The first-order valence-electron chi connectivity index (χ1n) is 6.71. The largest absolute Gasteiger partial charge is 0.345 e. The third-order valence-electron chi connectivity index (χ3n) is 3.04. The second-order valence-corrected chi connectivity index (χ2v) is 5.92. The van der Waals surface area contributed by atoms with Crippen LogP contribution < -0.4 is 0 Å². The number of hydrogen-bond donors (Lipinski definition) is 0. The Bertz CT molecular complexity index is 364. The molecule has 2 heteroatoms. The van der Waals surface area contributed by atoms with Crippen molar-refractivity contribution in [2.75, 3.05) is 13.6 Å². The Morgan fingerprint density at radius 3 is 2.28 bits per heavy atom. The number of nitrogens with zero attached hydrogens (tertiary/aromatic N) is 1. The highest BCUT2D eigenvalue weighted by Crippen LogP contribution is 2.16. The maximum Gasteiger partial charge on any atom is 0.227 e. The van der Waals surface area contributed by atoms with Crippen molar-refractivity contribution >= 4 is 5.91 Å². The van der Waals surface area contributed by atoms with Gasteiger partial charge >= 0.3 is 0 Å². The normalized spacial score (nSPS) is 11.3. The zero-order valence-electron chi connectivity index (χ0n) is 12.1. The van der Waals surface area contributed by atoms with E-state index in [0.717, 1.165) is 25.8 Å². The molecule has 1 amide bonds. The van der Waals surface area contributed by atoms with Gasteiger partial charge in [0.05, 0.1) is 0 Å². The fourth-order valence-electron chi connectivity index (χ4n) is 2.00. The van der Waals surface area contributed by atoms with Crippen LogP contribution in [0.4, 0.5) is 0 Å². The first kappa shape index (κ1) is 14.7. The molecule has 0 unspecified atom stereocenters. The number of hydrogen-bond acceptors (Lipinski definition) is 1. The van der Waals surface area contributed by atoms with Crippen LogP contribution in [0.15, 0.2) is 30.3 Å². The molecule has 0 N–H and O–H groups in total. The van der Waals surface area contributed by atoms with Crippen molar-refractivity contribution in [2.45, 2.75) is 40.0 Å². The highest BCUT2D eigenvalue weighted by molar-refractivity contribution is 5.81. The average molecular weight is 247 g/mol. The minimum atomic E-state index is -0.270. The molecule has 0 spiro atoms. The second kappa shape index (κ2) is 6.58. The lowest BCUT2D eigenvalue weighted by Crippen LogP contribution is -2.37. The summed E-state index contributed by atoms with van der Waals surface area (Å²) in [5.41, 5.74) is 1.11. The van der Waals surface area contributed by atoms with Gasteiger partial charge in [-0.25, -0.2) is 0 Å². The molecule has 0 saturated carbocycles. The Morgan fingerprint density at radius 1 is 1.11 bits per heavy atom. The minimum Gasteiger partial charge on any atom is -0.345 e. The maximum absolute atomic E-state index is 12.0. The fraction of sp³-hybridized carbons (Fsp3) is 0.562. The Labute approximate surface area is 111 Å². The molecule has 1 aromatic rings. The first-order chi connectivity index (χ1) is 8.41. The number of aryl methyl sites for hydroxylation is 1. The monoisotopic (exact) mass is 247 g/mol. The van der Waals surface area contributed by atoms with Gasteiger partial charge in [-0.3, -0.25) is 4.79 Å². The first-order valence-corrected chi connectivity index (χ1v) is 6.71. The van der Waals surface area contributed by atoms with E-state index in [1.165, 1.54) is 5.56 Å². The summed E-state index contributed by atoms with van der Waals surface area (Å²) in [6.45, 7) is 6.75. The summed E-state index contributed by atoms with van der Waals surface area (Å²) < 4.78 is 0. The van der Waals surface area contributed by atoms with E-state index in [2.05, 4.69) is 24.3 Å². The predicted molar refractivity (Wildman–Crippen MR) is 76.5 cm³/mol. The Morgan fingerprint density at radius 2 is 1.72 bits per heavy atom. The van der Waals surface area contributed by atoms with Gasteiger partial charge in [-0.15, -0.1) is 0 Å². The van der Waals surface area contributed by atoms with Gasteiger partial charge < -0.3 is 4.90 Å². The molecule has 0 bridgehead atoms. The lowest BCUT2D eigenvalue weighted by Gasteiger charge is -2.25. The number of unbranched alkanes of at least 4 members (excludes halogenated alkanes) is 1. The van der Waals surface area contributed by atoms with E-state index in [-0.39, 0.29) is 11.3 Å². The summed E-state index contributed by atoms with van der Waals surface area (Å²) in [6, 6.07) is 10.5. The predicted octanol–water partition coefficient (Wildman–Crippen LogP) is 3.51. The molecule has 0 atom stereocenters. The molecule has 0 aromatic heterocycles. The molecule has 18 heavy (non-hydrogen) atoms. The molecule has 2 nitrogen and oxygen atoms in total. The van der Waals surface area contributed by atoms with E-state index in [1.807, 2.05) is 38.8 Å². The van der Waals surface area contributed by atoms with Crippen LogP contribution in [-0.2, 0) is 11.2 Å². The van der Waals surface area contributed by atoms with Gasteiger partial charge in [0.2, 0.25) is 5.91 Å². The molecular formula is C16H25NO. The van der Waals surface area contributed by atoms with E-state index in [0.29, 0.717) is 0 Å². The number of amides is 1. The molecule has 0 radical (unpaired) electrons. The molecule has 1 rings (SSSR count). The van der Waals surface area contributed by atoms with Crippen LogP contribution in [0.3, 0.4) is 0 Å². The van der Waals surface area contributed by atoms with Gasteiger partial charge in [0.15, 0.2) is 0 Å². The van der Waals surface area contributed by atoms with Crippen LogP contribution in [0.1, 0.15) is 39.2 Å². The van der Waals surface area contributed by atoms with Gasteiger partial charge in [0, 0.05) is 19.0 Å². The lowest BCUT2D eigenvalue weighted by atomic mass is 9.95. The highest BCUT2D eigenvalue weighted by atomic mass is 16.2. The Kier molecular flexibility index (Phi) is 5.39. The minimum absolute atomic E-state index is 0.224. The van der Waals surface area contributed by atoms with Crippen LogP contribution in [0, 0.1) is 5.41 Å². The maximum atomic E-state index is 12.0. The zero-order chi connectivity index (χ0) is 13.6. The Balaban J connectivity index is 2.24. The summed E-state index contributed by atoms with van der Waals surface area (Å²) >= 11 is 0. The smallest absolute Gasteiger partial charge is 0.227 e. The molecule has 0 fully saturated rings. The second-order valence-electron chi connectivity index (χ2n) is 5.92. The van der Waals surface area contributed by atoms with Gasteiger partial charge in [-0.2, -0.15) is 0 Å². The molecule has 0 heterocycles. The molecule has 1 aromatic carbocycles. The highest BCUT2D eigenvalue weighted by Gasteiger charge is 2.24. The molecule has 0 aliphatic carbocycles. The van der Waals surface area contributed by atoms with E-state index in [1.54, 1.807) is 0 Å². The Hall–Kier alpha value is -1.31. The van der Waals surface area contributed by atoms with E-state index in [4.69, 9.17) is 0 Å². The molecule has 0 saturated heterocycles. The SMILES string of the molecule is CN(CCCCc1ccccc1)C(=O)C(C)(C)C. The summed E-state index contributed by atoms with van der Waals surface area (Å²) in [5, 5.41) is 0. The molecular weight excluding hydrogens is 222 g/mol. The lowest BCUT2D eigenvalue weighted by molar-refractivity contribution is -0.138. The summed E-state index contributed by atoms with van der Waals surface area (Å²) in [6.07, 6.45) is 3.29. The van der Waals surface area contributed by atoms with Crippen molar-refractivity contribution in [1.82, 2.24) is 4.90 Å². The van der Waals surface area contributed by atoms with Crippen molar-refractivity contribution in [2.24, 2.45) is 5.41 Å². The number of rotatable bonds is 5. The van der Waals surface area contributed by atoms with Crippen LogP contribution >= 0.6 is 0 Å². The van der Waals surface area contributed by atoms with Gasteiger partial charge in [-0.05, 0) is 24.8 Å². The van der Waals surface area contributed by atoms with Crippen LogP contribution in [-0.4, -0.2) is 24.4 Å². The van der Waals surface area contributed by atoms with Crippen molar-refractivity contribution < 1.29 is 4.79 Å². The third-order valence-corrected chi connectivity index (χ3v) is 3.04. The molecule has 0 aliphatic heterocycles.